The van der Waals surface area contributed by atoms with E-state index in [1.807, 2.05) is 0 Å². The predicted octanol–water partition coefficient (Wildman–Crippen LogP) is 8.99. The van der Waals surface area contributed by atoms with Crippen LogP contribution in [0.1, 0.15) is 121 Å². The Bertz CT molecular complexity index is 1120. The van der Waals surface area contributed by atoms with Gasteiger partial charge >= 0.3 is 5.97 Å². The lowest BCUT2D eigenvalue weighted by molar-refractivity contribution is -0.137. The van der Waals surface area contributed by atoms with Crippen LogP contribution >= 0.6 is 0 Å². The zero-order valence-electron chi connectivity index (χ0n) is 26.3. The van der Waals surface area contributed by atoms with Crippen LogP contribution in [0.15, 0.2) is 34.9 Å². The zero-order chi connectivity index (χ0) is 29.3. The molecule has 0 bridgehead atoms. The number of unbranched alkanes of at least 4 members (excludes halogenated alkanes) is 1. The molecule has 0 saturated heterocycles. The van der Waals surface area contributed by atoms with E-state index >= 15 is 0 Å². The minimum Gasteiger partial charge on any atom is -0.487 e. The van der Waals surface area contributed by atoms with Gasteiger partial charge in [0.1, 0.15) is 23.8 Å². The van der Waals surface area contributed by atoms with E-state index in [0.29, 0.717) is 13.2 Å². The van der Waals surface area contributed by atoms with E-state index in [1.54, 1.807) is 0 Å². The highest BCUT2D eigenvalue weighted by molar-refractivity contribution is 5.66. The van der Waals surface area contributed by atoms with Crippen molar-refractivity contribution < 1.29 is 19.4 Å². The van der Waals surface area contributed by atoms with E-state index < -0.39 is 5.97 Å². The Morgan fingerprint density at radius 3 is 2.23 bits per heavy atom. The van der Waals surface area contributed by atoms with Crippen LogP contribution in [0, 0.1) is 13.8 Å². The average molecular weight is 552 g/mol. The highest BCUT2D eigenvalue weighted by Crippen LogP contribution is 2.46. The second-order valence-corrected chi connectivity index (χ2v) is 12.6. The third kappa shape index (κ3) is 9.26. The molecule has 1 unspecified atom stereocenters. The topological polar surface area (TPSA) is 59.0 Å². The molecule has 1 aromatic carbocycles. The normalized spacial score (nSPS) is 19.4. The zero-order valence-corrected chi connectivity index (χ0v) is 26.3. The maximum atomic E-state index is 10.8. The summed E-state index contributed by atoms with van der Waals surface area (Å²) in [5.74, 6) is 1.38. The van der Waals surface area contributed by atoms with Gasteiger partial charge in [0.05, 0.1) is 0 Å². The Hall–Kier alpha value is -2.53. The standard InChI is InChI=1S/C35H53NO4/c1-25(2)13-10-14-26(3)15-11-16-27(4)17-12-20-35(7)21-19-30-31-23-36(22-9-8-18-32(37)38)24-39-33(31)28(5)29(6)34(30)40-35/h13,15,17H,8-12,14,16,18-24H2,1-7H3,(H,37,38). The van der Waals surface area contributed by atoms with Gasteiger partial charge in [0.2, 0.25) is 0 Å². The van der Waals surface area contributed by atoms with Crippen LogP contribution in [0.25, 0.3) is 0 Å². The molecule has 0 saturated carbocycles. The van der Waals surface area contributed by atoms with Gasteiger partial charge in [-0.2, -0.15) is 0 Å². The van der Waals surface area contributed by atoms with Crippen molar-refractivity contribution in [1.29, 1.82) is 0 Å². The van der Waals surface area contributed by atoms with E-state index in [-0.39, 0.29) is 12.0 Å². The van der Waals surface area contributed by atoms with Gasteiger partial charge in [0.25, 0.3) is 0 Å². The minimum atomic E-state index is -0.722. The predicted molar refractivity (Wildman–Crippen MR) is 165 cm³/mol. The summed E-state index contributed by atoms with van der Waals surface area (Å²) in [6.45, 7) is 17.7. The van der Waals surface area contributed by atoms with Crippen LogP contribution in [-0.4, -0.2) is 34.9 Å². The highest BCUT2D eigenvalue weighted by atomic mass is 16.5. The summed E-state index contributed by atoms with van der Waals surface area (Å²) in [5.41, 5.74) is 9.16. The van der Waals surface area contributed by atoms with Crippen LogP contribution in [0.5, 0.6) is 11.5 Å². The molecule has 1 aromatic rings. The Labute approximate surface area is 243 Å². The first-order valence-electron chi connectivity index (χ1n) is 15.3. The van der Waals surface area contributed by atoms with Crippen molar-refractivity contribution in [2.24, 2.45) is 0 Å². The number of carbonyl (C=O) groups is 1. The van der Waals surface area contributed by atoms with Gasteiger partial charge in [-0.1, -0.05) is 34.9 Å². The van der Waals surface area contributed by atoms with Gasteiger partial charge in [0.15, 0.2) is 0 Å². The molecular formula is C35H53NO4. The quantitative estimate of drug-likeness (QED) is 0.185. The molecule has 0 aromatic heterocycles. The highest BCUT2D eigenvalue weighted by Gasteiger charge is 2.36. The molecule has 2 aliphatic rings. The fourth-order valence-corrected chi connectivity index (χ4v) is 5.84. The largest absolute Gasteiger partial charge is 0.487 e. The molecule has 5 heteroatoms. The Morgan fingerprint density at radius 1 is 0.900 bits per heavy atom. The lowest BCUT2D eigenvalue weighted by atomic mass is 9.84. The molecule has 222 valence electrons. The van der Waals surface area contributed by atoms with Crippen LogP contribution in [0.2, 0.25) is 0 Å². The summed E-state index contributed by atoms with van der Waals surface area (Å²) >= 11 is 0. The van der Waals surface area contributed by atoms with Crippen LogP contribution in [0.3, 0.4) is 0 Å². The first kappa shape index (κ1) is 32.0. The number of hydrogen-bond acceptors (Lipinski definition) is 4. The summed E-state index contributed by atoms with van der Waals surface area (Å²) in [7, 11) is 0. The van der Waals surface area contributed by atoms with Crippen LogP contribution < -0.4 is 9.47 Å². The number of carboxylic acid groups (broad SMARTS) is 1. The van der Waals surface area contributed by atoms with Gasteiger partial charge in [-0.15, -0.1) is 0 Å². The van der Waals surface area contributed by atoms with Gasteiger partial charge in [-0.3, -0.25) is 9.69 Å². The summed E-state index contributed by atoms with van der Waals surface area (Å²) in [6, 6.07) is 0. The molecule has 3 rings (SSSR count). The fraction of sp³-hybridized carbons (Fsp3) is 0.629. The van der Waals surface area contributed by atoms with Crippen molar-refractivity contribution in [2.75, 3.05) is 13.3 Å². The maximum Gasteiger partial charge on any atom is 0.303 e. The Morgan fingerprint density at radius 2 is 1.55 bits per heavy atom. The SMILES string of the molecule is CC(C)=CCCC(C)=CCCC(C)=CCCC1(C)CCc2c3c(c(C)c(C)c2O1)OCN(CCCCC(=O)O)C3. The van der Waals surface area contributed by atoms with Crippen molar-refractivity contribution >= 4 is 5.97 Å². The molecule has 0 spiro atoms. The molecule has 2 aliphatic heterocycles. The Kier molecular flexibility index (Phi) is 11.9. The van der Waals surface area contributed by atoms with Crippen molar-refractivity contribution in [1.82, 2.24) is 4.90 Å². The van der Waals surface area contributed by atoms with Crippen molar-refractivity contribution in [3.63, 3.8) is 0 Å². The molecule has 1 N–H and O–H groups in total. The third-order valence-electron chi connectivity index (χ3n) is 8.59. The first-order chi connectivity index (χ1) is 19.0. The smallest absolute Gasteiger partial charge is 0.303 e. The van der Waals surface area contributed by atoms with Gasteiger partial charge in [0, 0.05) is 30.6 Å². The summed E-state index contributed by atoms with van der Waals surface area (Å²) in [4.78, 5) is 13.1. The minimum absolute atomic E-state index is 0.164. The number of nitrogens with zero attached hydrogens (tertiary/aromatic N) is 1. The van der Waals surface area contributed by atoms with Crippen molar-refractivity contribution in [3.8, 4) is 11.5 Å². The van der Waals surface area contributed by atoms with E-state index in [1.165, 1.54) is 39.0 Å². The molecule has 0 fully saturated rings. The molecule has 5 nitrogen and oxygen atoms in total. The Balaban J connectivity index is 1.57. The summed E-state index contributed by atoms with van der Waals surface area (Å²) < 4.78 is 13.1. The molecule has 1 atom stereocenters. The third-order valence-corrected chi connectivity index (χ3v) is 8.59. The first-order valence-corrected chi connectivity index (χ1v) is 15.3. The van der Waals surface area contributed by atoms with Gasteiger partial charge < -0.3 is 14.6 Å². The number of ether oxygens (including phenoxy) is 2. The molecule has 2 heterocycles. The second-order valence-electron chi connectivity index (χ2n) is 12.6. The van der Waals surface area contributed by atoms with Gasteiger partial charge in [-0.25, -0.2) is 0 Å². The van der Waals surface area contributed by atoms with Crippen LogP contribution in [0.4, 0.5) is 0 Å². The molecular weight excluding hydrogens is 498 g/mol. The number of hydrogen-bond donors (Lipinski definition) is 1. The average Bonchev–Trinajstić information content (AvgIpc) is 2.89. The monoisotopic (exact) mass is 551 g/mol. The number of allylic oxidation sites excluding steroid dienone is 6. The van der Waals surface area contributed by atoms with E-state index in [0.717, 1.165) is 82.4 Å². The van der Waals surface area contributed by atoms with Crippen molar-refractivity contribution in [2.45, 2.75) is 131 Å². The fourth-order valence-electron chi connectivity index (χ4n) is 5.84. The molecule has 0 radical (unpaired) electrons. The number of benzene rings is 1. The number of aliphatic carboxylic acids is 1. The molecule has 40 heavy (non-hydrogen) atoms. The summed E-state index contributed by atoms with van der Waals surface area (Å²) in [6.07, 6.45) is 17.5. The second kappa shape index (κ2) is 14.9. The number of fused-ring (bicyclic) bond motifs is 3. The van der Waals surface area contributed by atoms with Crippen molar-refractivity contribution in [3.05, 3.63) is 57.2 Å². The summed E-state index contributed by atoms with van der Waals surface area (Å²) in [5, 5.41) is 8.92. The van der Waals surface area contributed by atoms with Crippen LogP contribution in [-0.2, 0) is 17.8 Å². The number of rotatable bonds is 14. The number of carboxylic acids is 1. The maximum absolute atomic E-state index is 10.8. The molecule has 0 aliphatic carbocycles. The van der Waals surface area contributed by atoms with E-state index in [9.17, 15) is 4.79 Å². The molecule has 0 amide bonds. The lowest BCUT2D eigenvalue weighted by Gasteiger charge is -2.40. The van der Waals surface area contributed by atoms with E-state index in [4.69, 9.17) is 14.6 Å². The lowest BCUT2D eigenvalue weighted by Crippen LogP contribution is -2.39. The van der Waals surface area contributed by atoms with E-state index in [2.05, 4.69) is 71.6 Å². The van der Waals surface area contributed by atoms with Gasteiger partial charge in [-0.05, 0) is 124 Å².